The molecule has 4 nitrogen and oxygen atoms in total. The van der Waals surface area contributed by atoms with E-state index in [1.54, 1.807) is 18.3 Å². The van der Waals surface area contributed by atoms with E-state index in [-0.39, 0.29) is 12.6 Å². The van der Waals surface area contributed by atoms with Gasteiger partial charge in [-0.25, -0.2) is 9.97 Å². The van der Waals surface area contributed by atoms with Gasteiger partial charge in [0.15, 0.2) is 0 Å². The van der Waals surface area contributed by atoms with Crippen LogP contribution in [0.15, 0.2) is 0 Å². The summed E-state index contributed by atoms with van der Waals surface area (Å²) in [6, 6.07) is -0.271. The van der Waals surface area contributed by atoms with Gasteiger partial charge in [-0.1, -0.05) is 0 Å². The second-order valence-electron chi connectivity index (χ2n) is 5.83. The first-order valence-corrected chi connectivity index (χ1v) is 8.35. The minimum Gasteiger partial charge on any atom is -0.370 e. The lowest BCUT2D eigenvalue weighted by Gasteiger charge is -2.17. The Balaban J connectivity index is 1.77. The summed E-state index contributed by atoms with van der Waals surface area (Å²) in [7, 11) is 0. The first-order valence-electron chi connectivity index (χ1n) is 7.53. The van der Waals surface area contributed by atoms with Crippen LogP contribution in [0, 0.1) is 6.92 Å². The van der Waals surface area contributed by atoms with Crippen LogP contribution in [0.3, 0.4) is 0 Å². The molecule has 0 saturated carbocycles. The van der Waals surface area contributed by atoms with Gasteiger partial charge in [0, 0.05) is 10.9 Å². The third-order valence-corrected chi connectivity index (χ3v) is 4.88. The van der Waals surface area contributed by atoms with Crippen molar-refractivity contribution in [2.45, 2.75) is 45.3 Å². The van der Waals surface area contributed by atoms with Gasteiger partial charge in [-0.15, -0.1) is 11.3 Å². The standard InChI is InChI=1S/C15H18F3N3OS/c1-8(6-22-7-15(16,17)18)19-13-12-10-4-3-5-11(10)23-14(12)21-9(2)20-13/h8H,3-7H2,1-2H3,(H,19,20,21)/t8-/m0/s1. The van der Waals surface area contributed by atoms with Crippen molar-refractivity contribution in [2.75, 3.05) is 18.5 Å². The van der Waals surface area contributed by atoms with E-state index in [0.29, 0.717) is 11.6 Å². The number of hydrogen-bond acceptors (Lipinski definition) is 5. The zero-order valence-electron chi connectivity index (χ0n) is 13.0. The molecule has 0 aromatic carbocycles. The Morgan fingerprint density at radius 3 is 2.83 bits per heavy atom. The average molecular weight is 345 g/mol. The normalized spacial score (nSPS) is 15.9. The molecule has 0 fully saturated rings. The highest BCUT2D eigenvalue weighted by molar-refractivity contribution is 7.19. The van der Waals surface area contributed by atoms with Crippen molar-refractivity contribution in [1.82, 2.24) is 9.97 Å². The van der Waals surface area contributed by atoms with E-state index >= 15 is 0 Å². The van der Waals surface area contributed by atoms with Gasteiger partial charge in [0.05, 0.1) is 12.0 Å². The lowest BCUT2D eigenvalue weighted by atomic mass is 10.2. The Morgan fingerprint density at radius 1 is 1.30 bits per heavy atom. The van der Waals surface area contributed by atoms with Crippen LogP contribution in [-0.2, 0) is 17.6 Å². The van der Waals surface area contributed by atoms with E-state index in [4.69, 9.17) is 4.74 Å². The van der Waals surface area contributed by atoms with E-state index in [9.17, 15) is 13.2 Å². The molecule has 23 heavy (non-hydrogen) atoms. The molecule has 0 amide bonds. The molecular weight excluding hydrogens is 327 g/mol. The monoisotopic (exact) mass is 345 g/mol. The molecule has 2 aromatic heterocycles. The van der Waals surface area contributed by atoms with E-state index in [0.717, 1.165) is 29.5 Å². The molecule has 0 unspecified atom stereocenters. The number of anilines is 1. The number of rotatable bonds is 5. The fourth-order valence-corrected chi connectivity index (χ4v) is 4.14. The number of ether oxygens (including phenoxy) is 1. The van der Waals surface area contributed by atoms with Crippen molar-refractivity contribution in [2.24, 2.45) is 0 Å². The van der Waals surface area contributed by atoms with Gasteiger partial charge in [0.2, 0.25) is 0 Å². The maximum atomic E-state index is 12.1. The van der Waals surface area contributed by atoms with Crippen LogP contribution in [0.5, 0.6) is 0 Å². The highest BCUT2D eigenvalue weighted by Crippen LogP contribution is 2.39. The van der Waals surface area contributed by atoms with Gasteiger partial charge in [0.1, 0.15) is 23.1 Å². The van der Waals surface area contributed by atoms with Gasteiger partial charge >= 0.3 is 6.18 Å². The summed E-state index contributed by atoms with van der Waals surface area (Å²) < 4.78 is 41.1. The molecule has 1 atom stereocenters. The highest BCUT2D eigenvalue weighted by Gasteiger charge is 2.28. The van der Waals surface area contributed by atoms with Crippen LogP contribution in [0.4, 0.5) is 19.0 Å². The fraction of sp³-hybridized carbons (Fsp3) is 0.600. The molecule has 0 bridgehead atoms. The van der Waals surface area contributed by atoms with Gasteiger partial charge in [0.25, 0.3) is 0 Å². The van der Waals surface area contributed by atoms with Gasteiger partial charge in [-0.2, -0.15) is 13.2 Å². The van der Waals surface area contributed by atoms with Crippen LogP contribution >= 0.6 is 11.3 Å². The molecule has 8 heteroatoms. The molecule has 1 N–H and O–H groups in total. The lowest BCUT2D eigenvalue weighted by Crippen LogP contribution is -2.26. The lowest BCUT2D eigenvalue weighted by molar-refractivity contribution is -0.174. The molecule has 126 valence electrons. The number of thiophene rings is 1. The molecule has 2 aromatic rings. The summed E-state index contributed by atoms with van der Waals surface area (Å²) in [5.74, 6) is 1.36. The zero-order chi connectivity index (χ0) is 16.6. The highest BCUT2D eigenvalue weighted by atomic mass is 32.1. The van der Waals surface area contributed by atoms with Crippen LogP contribution in [-0.4, -0.2) is 35.4 Å². The molecule has 0 spiro atoms. The summed E-state index contributed by atoms with van der Waals surface area (Å²) >= 11 is 1.69. The third kappa shape index (κ3) is 3.74. The maximum Gasteiger partial charge on any atom is 0.411 e. The first kappa shape index (κ1) is 16.4. The molecule has 2 heterocycles. The number of hydrogen-bond donors (Lipinski definition) is 1. The topological polar surface area (TPSA) is 47.0 Å². The van der Waals surface area contributed by atoms with Crippen molar-refractivity contribution in [3.05, 3.63) is 16.3 Å². The van der Waals surface area contributed by atoms with E-state index < -0.39 is 12.8 Å². The predicted molar refractivity (Wildman–Crippen MR) is 84.1 cm³/mol. The Bertz CT molecular complexity index is 714. The van der Waals surface area contributed by atoms with E-state index in [1.807, 2.05) is 6.92 Å². The molecule has 0 saturated heterocycles. The average Bonchev–Trinajstić information content (AvgIpc) is 2.96. The summed E-state index contributed by atoms with van der Waals surface area (Å²) in [5.41, 5.74) is 1.29. The molecular formula is C15H18F3N3OS. The first-order chi connectivity index (χ1) is 10.8. The Morgan fingerprint density at radius 2 is 2.09 bits per heavy atom. The quantitative estimate of drug-likeness (QED) is 0.894. The van der Waals surface area contributed by atoms with Crippen molar-refractivity contribution < 1.29 is 17.9 Å². The largest absolute Gasteiger partial charge is 0.411 e. The Labute approximate surface area is 136 Å². The number of nitrogens with one attached hydrogen (secondary N) is 1. The van der Waals surface area contributed by atoms with Crippen LogP contribution in [0.2, 0.25) is 0 Å². The molecule has 3 rings (SSSR count). The number of halogens is 3. The summed E-state index contributed by atoms with van der Waals surface area (Å²) in [6.45, 7) is 2.34. The molecule has 0 aliphatic heterocycles. The Hall–Kier alpha value is -1.41. The van der Waals surface area contributed by atoms with Crippen molar-refractivity contribution in [3.63, 3.8) is 0 Å². The van der Waals surface area contributed by atoms with Crippen LogP contribution < -0.4 is 5.32 Å². The minimum atomic E-state index is -4.30. The number of aryl methyl sites for hydroxylation is 3. The zero-order valence-corrected chi connectivity index (χ0v) is 13.8. The van der Waals surface area contributed by atoms with Crippen molar-refractivity contribution >= 4 is 27.4 Å². The predicted octanol–water partition coefficient (Wildman–Crippen LogP) is 3.87. The third-order valence-electron chi connectivity index (χ3n) is 3.69. The summed E-state index contributed by atoms with van der Waals surface area (Å²) in [4.78, 5) is 11.2. The summed E-state index contributed by atoms with van der Waals surface area (Å²) in [6.07, 6.45) is -1.09. The smallest absolute Gasteiger partial charge is 0.370 e. The molecule has 0 radical (unpaired) electrons. The maximum absolute atomic E-state index is 12.1. The second-order valence-corrected chi connectivity index (χ2v) is 6.92. The van der Waals surface area contributed by atoms with E-state index in [1.165, 1.54) is 10.4 Å². The number of fused-ring (bicyclic) bond motifs is 3. The van der Waals surface area contributed by atoms with Crippen molar-refractivity contribution in [1.29, 1.82) is 0 Å². The Kier molecular flexibility index (Phi) is 4.46. The second kappa shape index (κ2) is 6.24. The van der Waals surface area contributed by atoms with Crippen molar-refractivity contribution in [3.8, 4) is 0 Å². The SMILES string of the molecule is Cc1nc(N[C@@H](C)COCC(F)(F)F)c2c3c(sc2n1)CCC3. The summed E-state index contributed by atoms with van der Waals surface area (Å²) in [5, 5.41) is 4.21. The van der Waals surface area contributed by atoms with Crippen LogP contribution in [0.1, 0.15) is 29.6 Å². The molecule has 1 aliphatic rings. The van der Waals surface area contributed by atoms with Gasteiger partial charge in [-0.3, -0.25) is 0 Å². The van der Waals surface area contributed by atoms with Gasteiger partial charge in [-0.05, 0) is 38.7 Å². The minimum absolute atomic E-state index is 0.0314. The molecule has 1 aliphatic carbocycles. The number of alkyl halides is 3. The van der Waals surface area contributed by atoms with Gasteiger partial charge < -0.3 is 10.1 Å². The number of aromatic nitrogens is 2. The van der Waals surface area contributed by atoms with E-state index in [2.05, 4.69) is 15.3 Å². The van der Waals surface area contributed by atoms with Crippen LogP contribution in [0.25, 0.3) is 10.2 Å². The fourth-order valence-electron chi connectivity index (χ4n) is 2.83. The number of nitrogens with zero attached hydrogens (tertiary/aromatic N) is 2.